The van der Waals surface area contributed by atoms with Crippen molar-refractivity contribution in [2.75, 3.05) is 12.3 Å². The fourth-order valence-electron chi connectivity index (χ4n) is 8.54. The number of Topliss-reactive ketones (excluding diaryl/α,β-unsaturated/α-hetero) is 1. The molecule has 13 heteroatoms. The van der Waals surface area contributed by atoms with E-state index in [-0.39, 0.29) is 29.5 Å². The molecule has 3 aliphatic carbocycles. The molecule has 3 saturated carbocycles. The molecular weight excluding hydrogens is 683 g/mol. The number of unbranched alkanes of at least 4 members (excludes halogenated alkanes) is 1. The van der Waals surface area contributed by atoms with E-state index >= 15 is 0 Å². The van der Waals surface area contributed by atoms with E-state index in [1.807, 2.05) is 27.7 Å². The van der Waals surface area contributed by atoms with Gasteiger partial charge in [-0.15, -0.1) is 0 Å². The van der Waals surface area contributed by atoms with Crippen molar-refractivity contribution in [1.82, 2.24) is 26.2 Å². The zero-order chi connectivity index (χ0) is 38.5. The van der Waals surface area contributed by atoms with Crippen molar-refractivity contribution in [2.45, 2.75) is 186 Å². The molecule has 4 fully saturated rings. The Labute approximate surface area is 312 Å². The molecule has 4 aliphatic rings. The Bertz CT molecular complexity index is 1410. The summed E-state index contributed by atoms with van der Waals surface area (Å²) in [5.41, 5.74) is -1.53. The molecule has 0 aromatic carbocycles. The number of carbonyl (C=O) groups is 5. The Morgan fingerprint density at radius 1 is 0.865 bits per heavy atom. The third kappa shape index (κ3) is 10.3. The van der Waals surface area contributed by atoms with Crippen LogP contribution in [-0.2, 0) is 29.0 Å². The highest BCUT2D eigenvalue weighted by molar-refractivity contribution is 7.92. The van der Waals surface area contributed by atoms with Crippen molar-refractivity contribution < 1.29 is 32.4 Å². The Kier molecular flexibility index (Phi) is 13.9. The maximum atomic E-state index is 14.9. The van der Waals surface area contributed by atoms with E-state index < -0.39 is 67.3 Å². The summed E-state index contributed by atoms with van der Waals surface area (Å²) in [5.74, 6) is -2.46. The molecular formula is C39H67N5O7S. The lowest BCUT2D eigenvalue weighted by Gasteiger charge is -2.44. The number of amides is 5. The van der Waals surface area contributed by atoms with Crippen LogP contribution in [0, 0.1) is 17.3 Å². The lowest BCUT2D eigenvalue weighted by Crippen LogP contribution is -2.64. The second kappa shape index (κ2) is 17.2. The molecule has 1 aliphatic heterocycles. The van der Waals surface area contributed by atoms with Crippen molar-refractivity contribution in [1.29, 1.82) is 0 Å². The summed E-state index contributed by atoms with van der Waals surface area (Å²) in [5, 5.41) is 11.8. The highest BCUT2D eigenvalue weighted by atomic mass is 32.2. The van der Waals surface area contributed by atoms with E-state index in [1.165, 1.54) is 0 Å². The van der Waals surface area contributed by atoms with Gasteiger partial charge in [0.15, 0.2) is 9.84 Å². The predicted molar refractivity (Wildman–Crippen MR) is 202 cm³/mol. The lowest BCUT2D eigenvalue weighted by molar-refractivity contribution is -0.145. The number of hydrogen-bond donors (Lipinski definition) is 4. The molecule has 0 radical (unpaired) electrons. The van der Waals surface area contributed by atoms with Gasteiger partial charge >= 0.3 is 6.03 Å². The first kappa shape index (κ1) is 42.0. The minimum atomic E-state index is -3.56. The van der Waals surface area contributed by atoms with Gasteiger partial charge in [0.25, 0.3) is 5.91 Å². The highest BCUT2D eigenvalue weighted by Gasteiger charge is 2.51. The molecule has 1 saturated heterocycles. The van der Waals surface area contributed by atoms with E-state index in [1.54, 1.807) is 25.7 Å². The van der Waals surface area contributed by atoms with Gasteiger partial charge in [-0.3, -0.25) is 19.2 Å². The first-order valence-corrected chi connectivity index (χ1v) is 21.7. The summed E-state index contributed by atoms with van der Waals surface area (Å²) < 4.78 is 25.9. The quantitative estimate of drug-likeness (QED) is 0.172. The number of nitrogens with one attached hydrogen (secondary N) is 4. The van der Waals surface area contributed by atoms with Crippen LogP contribution in [0.5, 0.6) is 0 Å². The minimum absolute atomic E-state index is 0.00547. The monoisotopic (exact) mass is 749 g/mol. The molecule has 0 aromatic heterocycles. The molecule has 296 valence electrons. The minimum Gasteiger partial charge on any atom is -0.347 e. The van der Waals surface area contributed by atoms with E-state index in [4.69, 9.17) is 0 Å². The SMILES string of the molecule is CCCC[C@H](NC(=O)[C@@H]1[C@@H](C(C)C)CCN1C(=O)[C@@H](NC(=O)NC1(CS(=O)(=O)C(C)(C)C)CCCCC1)C1(C)CCCCC1)C(=O)C(=O)NC1CC1. The molecule has 1 heterocycles. The summed E-state index contributed by atoms with van der Waals surface area (Å²) in [4.78, 5) is 70.9. The number of urea groups is 1. The van der Waals surface area contributed by atoms with E-state index in [2.05, 4.69) is 21.3 Å². The van der Waals surface area contributed by atoms with E-state index in [0.29, 0.717) is 38.6 Å². The van der Waals surface area contributed by atoms with Crippen LogP contribution in [0.15, 0.2) is 0 Å². The number of rotatable bonds is 15. The molecule has 0 aromatic rings. The first-order chi connectivity index (χ1) is 24.3. The summed E-state index contributed by atoms with van der Waals surface area (Å²) in [6, 6.07) is -3.38. The van der Waals surface area contributed by atoms with Crippen LogP contribution in [0.25, 0.3) is 0 Å². The summed E-state index contributed by atoms with van der Waals surface area (Å²) in [6.07, 6.45) is 11.9. The van der Waals surface area contributed by atoms with E-state index in [0.717, 1.165) is 70.6 Å². The molecule has 4 rings (SSSR count). The fourth-order valence-corrected chi connectivity index (χ4v) is 10.1. The average molecular weight is 750 g/mol. The van der Waals surface area contributed by atoms with Crippen LogP contribution in [-0.4, -0.2) is 89.6 Å². The Balaban J connectivity index is 1.61. The van der Waals surface area contributed by atoms with Gasteiger partial charge in [0.1, 0.15) is 12.1 Å². The average Bonchev–Trinajstić information content (AvgIpc) is 3.77. The van der Waals surface area contributed by atoms with E-state index in [9.17, 15) is 32.4 Å². The number of hydrogen-bond acceptors (Lipinski definition) is 7. The van der Waals surface area contributed by atoms with Crippen molar-refractivity contribution in [3.63, 3.8) is 0 Å². The number of ketones is 1. The van der Waals surface area contributed by atoms with Gasteiger partial charge in [0, 0.05) is 12.6 Å². The smallest absolute Gasteiger partial charge is 0.315 e. The summed E-state index contributed by atoms with van der Waals surface area (Å²) in [6.45, 7) is 13.4. The molecule has 0 unspecified atom stereocenters. The molecule has 5 amide bonds. The summed E-state index contributed by atoms with van der Waals surface area (Å²) >= 11 is 0. The Hall–Kier alpha value is -2.70. The number of likely N-dealkylation sites (tertiary alicyclic amines) is 1. The number of sulfone groups is 1. The number of nitrogens with zero attached hydrogens (tertiary/aromatic N) is 1. The summed E-state index contributed by atoms with van der Waals surface area (Å²) in [7, 11) is -3.56. The lowest BCUT2D eigenvalue weighted by atomic mass is 9.70. The molecule has 52 heavy (non-hydrogen) atoms. The van der Waals surface area contributed by atoms with Gasteiger partial charge in [0.05, 0.1) is 22.1 Å². The van der Waals surface area contributed by atoms with Gasteiger partial charge in [0.2, 0.25) is 17.6 Å². The fraction of sp³-hybridized carbons (Fsp3) is 0.872. The third-order valence-electron chi connectivity index (χ3n) is 12.3. The molecule has 0 bridgehead atoms. The van der Waals surface area contributed by atoms with Gasteiger partial charge in [-0.1, -0.05) is 79.1 Å². The largest absolute Gasteiger partial charge is 0.347 e. The highest BCUT2D eigenvalue weighted by Crippen LogP contribution is 2.41. The second-order valence-corrected chi connectivity index (χ2v) is 20.7. The van der Waals surface area contributed by atoms with Gasteiger partial charge in [-0.2, -0.15) is 0 Å². The third-order valence-corrected chi connectivity index (χ3v) is 15.1. The second-order valence-electron chi connectivity index (χ2n) is 17.9. The zero-order valence-electron chi connectivity index (χ0n) is 32.9. The van der Waals surface area contributed by atoms with Crippen molar-refractivity contribution in [3.8, 4) is 0 Å². The van der Waals surface area contributed by atoms with Crippen molar-refractivity contribution in [2.24, 2.45) is 17.3 Å². The standard InChI is InChI=1S/C39H67N5O7S/c1-8-9-16-29(31(45)34(47)40-27-17-18-27)41-33(46)30-28(26(2)3)19-24-44(30)35(48)32(38(7)20-12-10-13-21-38)42-36(49)43-39(22-14-11-15-23-39)25-52(50,51)37(4,5)6/h26-30,32H,8-25H2,1-7H3,(H,40,47)(H,41,46)(H2,42,43,49)/t28-,29+,30+,32-/m1/s1. The van der Waals surface area contributed by atoms with Crippen molar-refractivity contribution >= 4 is 39.4 Å². The number of carbonyl (C=O) groups excluding carboxylic acids is 5. The molecule has 0 spiro atoms. The van der Waals surface area contributed by atoms with Crippen LogP contribution in [0.4, 0.5) is 4.79 Å². The Morgan fingerprint density at radius 2 is 1.46 bits per heavy atom. The van der Waals surface area contributed by atoms with Crippen LogP contribution < -0.4 is 21.3 Å². The molecule has 4 atom stereocenters. The maximum Gasteiger partial charge on any atom is 0.315 e. The van der Waals surface area contributed by atoms with Gasteiger partial charge in [-0.25, -0.2) is 13.2 Å². The molecule has 12 nitrogen and oxygen atoms in total. The predicted octanol–water partition coefficient (Wildman–Crippen LogP) is 4.94. The van der Waals surface area contributed by atoms with Crippen LogP contribution >= 0.6 is 0 Å². The van der Waals surface area contributed by atoms with Gasteiger partial charge in [-0.05, 0) is 89.4 Å². The zero-order valence-corrected chi connectivity index (χ0v) is 33.7. The van der Waals surface area contributed by atoms with Crippen LogP contribution in [0.3, 0.4) is 0 Å². The maximum absolute atomic E-state index is 14.9. The van der Waals surface area contributed by atoms with Crippen LogP contribution in [0.1, 0.15) is 151 Å². The molecule has 4 N–H and O–H groups in total. The van der Waals surface area contributed by atoms with Crippen molar-refractivity contribution in [3.05, 3.63) is 0 Å². The topological polar surface area (TPSA) is 171 Å². The van der Waals surface area contributed by atoms with Crippen LogP contribution in [0.2, 0.25) is 0 Å². The normalized spacial score (nSPS) is 24.4. The van der Waals surface area contributed by atoms with Gasteiger partial charge < -0.3 is 26.2 Å². The first-order valence-electron chi connectivity index (χ1n) is 20.1. The Morgan fingerprint density at radius 3 is 2.00 bits per heavy atom.